The number of aryl methyl sites for hydroxylation is 2. The quantitative estimate of drug-likeness (QED) is 0.918. The van der Waals surface area contributed by atoms with Gasteiger partial charge in [0.1, 0.15) is 5.56 Å². The average Bonchev–Trinajstić information content (AvgIpc) is 2.36. The lowest BCUT2D eigenvalue weighted by Crippen LogP contribution is -2.02. The molecule has 0 bridgehead atoms. The number of methoxy groups -OCH3 is 1. The second-order valence-corrected chi connectivity index (χ2v) is 4.46. The second kappa shape index (κ2) is 5.10. The van der Waals surface area contributed by atoms with Crippen LogP contribution in [0.3, 0.4) is 0 Å². The highest BCUT2D eigenvalue weighted by molar-refractivity contribution is 5.91. The van der Waals surface area contributed by atoms with Crippen LogP contribution in [0.15, 0.2) is 30.5 Å². The summed E-state index contributed by atoms with van der Waals surface area (Å²) in [5.41, 5.74) is 4.05. The first-order valence-corrected chi connectivity index (χ1v) is 5.87. The first-order valence-electron chi connectivity index (χ1n) is 5.87. The van der Waals surface area contributed by atoms with E-state index < -0.39 is 5.97 Å². The van der Waals surface area contributed by atoms with Crippen LogP contribution < -0.4 is 4.74 Å². The van der Waals surface area contributed by atoms with E-state index in [4.69, 9.17) is 9.84 Å². The molecule has 98 valence electrons. The monoisotopic (exact) mass is 257 g/mol. The van der Waals surface area contributed by atoms with Gasteiger partial charge in [-0.3, -0.25) is 0 Å². The molecule has 0 amide bonds. The smallest absolute Gasteiger partial charge is 0.341 e. The molecule has 2 aromatic rings. The summed E-state index contributed by atoms with van der Waals surface area (Å²) in [5.74, 6) is -0.920. The second-order valence-electron chi connectivity index (χ2n) is 4.46. The molecule has 4 nitrogen and oxygen atoms in total. The number of ether oxygens (including phenoxy) is 1. The molecule has 2 rings (SSSR count). The number of carboxylic acids is 1. The van der Waals surface area contributed by atoms with Crippen LogP contribution in [0, 0.1) is 13.8 Å². The molecule has 0 atom stereocenters. The lowest BCUT2D eigenvalue weighted by Gasteiger charge is -2.08. The van der Waals surface area contributed by atoms with E-state index in [0.717, 1.165) is 22.3 Å². The molecule has 0 aliphatic carbocycles. The summed E-state index contributed by atoms with van der Waals surface area (Å²) in [6.07, 6.45) is 1.62. The number of pyridine rings is 1. The molecule has 0 saturated heterocycles. The Labute approximate surface area is 111 Å². The minimum absolute atomic E-state index is 0.0687. The number of benzene rings is 1. The van der Waals surface area contributed by atoms with Crippen LogP contribution >= 0.6 is 0 Å². The zero-order valence-electron chi connectivity index (χ0n) is 11.1. The zero-order valence-corrected chi connectivity index (χ0v) is 11.1. The highest BCUT2D eigenvalue weighted by Crippen LogP contribution is 2.26. The molecule has 1 aromatic heterocycles. The van der Waals surface area contributed by atoms with Crippen molar-refractivity contribution in [3.63, 3.8) is 0 Å². The van der Waals surface area contributed by atoms with Crippen molar-refractivity contribution in [1.29, 1.82) is 0 Å². The van der Waals surface area contributed by atoms with Gasteiger partial charge in [0.15, 0.2) is 0 Å². The van der Waals surface area contributed by atoms with Crippen LogP contribution in [0.4, 0.5) is 0 Å². The molecule has 0 radical (unpaired) electrons. The first kappa shape index (κ1) is 13.1. The average molecular weight is 257 g/mol. The summed E-state index contributed by atoms with van der Waals surface area (Å²) in [6, 6.07) is 7.66. The van der Waals surface area contributed by atoms with Crippen LogP contribution in [-0.4, -0.2) is 23.2 Å². The summed E-state index contributed by atoms with van der Waals surface area (Å²) in [5, 5.41) is 9.16. The van der Waals surface area contributed by atoms with Crippen LogP contribution in [0.1, 0.15) is 21.5 Å². The van der Waals surface area contributed by atoms with Crippen molar-refractivity contribution in [3.8, 4) is 17.0 Å². The van der Waals surface area contributed by atoms with Gasteiger partial charge in [0.2, 0.25) is 5.88 Å². The number of hydrogen-bond acceptors (Lipinski definition) is 3. The molecule has 0 aliphatic heterocycles. The largest absolute Gasteiger partial charge is 0.480 e. The van der Waals surface area contributed by atoms with Gasteiger partial charge in [0, 0.05) is 11.8 Å². The van der Waals surface area contributed by atoms with Crippen molar-refractivity contribution < 1.29 is 14.6 Å². The first-order chi connectivity index (χ1) is 9.01. The highest BCUT2D eigenvalue weighted by Gasteiger charge is 2.14. The predicted molar refractivity (Wildman–Crippen MR) is 72.7 cm³/mol. The fourth-order valence-corrected chi connectivity index (χ4v) is 2.07. The van der Waals surface area contributed by atoms with Crippen molar-refractivity contribution in [3.05, 3.63) is 47.2 Å². The number of nitrogens with zero attached hydrogens (tertiary/aromatic N) is 1. The molecule has 0 aliphatic rings. The van der Waals surface area contributed by atoms with Gasteiger partial charge in [0.05, 0.1) is 7.11 Å². The third kappa shape index (κ3) is 2.73. The van der Waals surface area contributed by atoms with Gasteiger partial charge in [-0.15, -0.1) is 0 Å². The Morgan fingerprint density at radius 1 is 1.11 bits per heavy atom. The lowest BCUT2D eigenvalue weighted by atomic mass is 10.0. The van der Waals surface area contributed by atoms with E-state index in [2.05, 4.69) is 11.1 Å². The Balaban J connectivity index is 2.57. The molecule has 0 fully saturated rings. The van der Waals surface area contributed by atoms with E-state index in [1.165, 1.54) is 7.11 Å². The third-order valence-corrected chi connectivity index (χ3v) is 2.83. The number of rotatable bonds is 3. The summed E-state index contributed by atoms with van der Waals surface area (Å²) in [4.78, 5) is 15.2. The van der Waals surface area contributed by atoms with E-state index in [-0.39, 0.29) is 11.4 Å². The van der Waals surface area contributed by atoms with E-state index >= 15 is 0 Å². The third-order valence-electron chi connectivity index (χ3n) is 2.83. The van der Waals surface area contributed by atoms with E-state index in [1.807, 2.05) is 26.0 Å². The van der Waals surface area contributed by atoms with Gasteiger partial charge in [0.25, 0.3) is 0 Å². The van der Waals surface area contributed by atoms with Gasteiger partial charge in [-0.05, 0) is 25.5 Å². The van der Waals surface area contributed by atoms with Gasteiger partial charge < -0.3 is 9.84 Å². The molecule has 1 heterocycles. The maximum atomic E-state index is 11.2. The Morgan fingerprint density at radius 3 is 2.26 bits per heavy atom. The fourth-order valence-electron chi connectivity index (χ4n) is 2.07. The Bertz CT molecular complexity index is 615. The van der Waals surface area contributed by atoms with Crippen molar-refractivity contribution in [1.82, 2.24) is 4.98 Å². The maximum Gasteiger partial charge on any atom is 0.341 e. The number of aromatic nitrogens is 1. The highest BCUT2D eigenvalue weighted by atomic mass is 16.5. The fraction of sp³-hybridized carbons (Fsp3) is 0.200. The minimum atomic E-state index is -1.05. The molecule has 1 aromatic carbocycles. The van der Waals surface area contributed by atoms with Crippen LogP contribution in [0.2, 0.25) is 0 Å². The summed E-state index contributed by atoms with van der Waals surface area (Å²) in [7, 11) is 1.41. The number of hydrogen-bond donors (Lipinski definition) is 1. The molecular formula is C15H15NO3. The van der Waals surface area contributed by atoms with Gasteiger partial charge in [-0.1, -0.05) is 29.3 Å². The lowest BCUT2D eigenvalue weighted by molar-refractivity contribution is 0.0692. The van der Waals surface area contributed by atoms with Gasteiger partial charge >= 0.3 is 5.97 Å². The van der Waals surface area contributed by atoms with Crippen molar-refractivity contribution >= 4 is 5.97 Å². The Morgan fingerprint density at radius 2 is 1.74 bits per heavy atom. The standard InChI is InChI=1S/C15H15NO3/c1-9-4-10(2)6-11(5-9)12-7-13(15(17)18)14(19-3)16-8-12/h4-8H,1-3H3,(H,17,18). The SMILES string of the molecule is COc1ncc(-c2cc(C)cc(C)c2)cc1C(=O)O. The predicted octanol–water partition coefficient (Wildman–Crippen LogP) is 3.07. The Kier molecular flexibility index (Phi) is 3.51. The van der Waals surface area contributed by atoms with Crippen LogP contribution in [-0.2, 0) is 0 Å². The van der Waals surface area contributed by atoms with Gasteiger partial charge in [-0.25, -0.2) is 9.78 Å². The summed E-state index contributed by atoms with van der Waals surface area (Å²) < 4.78 is 4.95. The van der Waals surface area contributed by atoms with Gasteiger partial charge in [-0.2, -0.15) is 0 Å². The molecule has 0 spiro atoms. The molecule has 0 unspecified atom stereocenters. The van der Waals surface area contributed by atoms with Crippen LogP contribution in [0.5, 0.6) is 5.88 Å². The molecule has 4 heteroatoms. The number of carboxylic acid groups (broad SMARTS) is 1. The Hall–Kier alpha value is -2.36. The topological polar surface area (TPSA) is 59.4 Å². The molecule has 1 N–H and O–H groups in total. The van der Waals surface area contributed by atoms with Crippen LogP contribution in [0.25, 0.3) is 11.1 Å². The normalized spacial score (nSPS) is 10.3. The van der Waals surface area contributed by atoms with E-state index in [0.29, 0.717) is 0 Å². The zero-order chi connectivity index (χ0) is 14.0. The number of carbonyl (C=O) groups is 1. The summed E-state index contributed by atoms with van der Waals surface area (Å²) >= 11 is 0. The summed E-state index contributed by atoms with van der Waals surface area (Å²) in [6.45, 7) is 4.01. The molecular weight excluding hydrogens is 242 g/mol. The van der Waals surface area contributed by atoms with Crippen molar-refractivity contribution in [2.45, 2.75) is 13.8 Å². The number of aromatic carboxylic acids is 1. The van der Waals surface area contributed by atoms with E-state index in [9.17, 15) is 4.79 Å². The minimum Gasteiger partial charge on any atom is -0.480 e. The van der Waals surface area contributed by atoms with Crippen molar-refractivity contribution in [2.75, 3.05) is 7.11 Å². The molecule has 19 heavy (non-hydrogen) atoms. The maximum absolute atomic E-state index is 11.2. The van der Waals surface area contributed by atoms with Crippen molar-refractivity contribution in [2.24, 2.45) is 0 Å². The van der Waals surface area contributed by atoms with E-state index in [1.54, 1.807) is 12.3 Å². The molecule has 0 saturated carbocycles.